The largest absolute Gasteiger partial charge is 0.494 e. The van der Waals surface area contributed by atoms with E-state index in [1.807, 2.05) is 29.6 Å². The first kappa shape index (κ1) is 49.5. The summed E-state index contributed by atoms with van der Waals surface area (Å²) in [5.41, 5.74) is 1.72. The van der Waals surface area contributed by atoms with Crippen molar-refractivity contribution in [3.8, 4) is 17.0 Å². The van der Waals surface area contributed by atoms with Gasteiger partial charge in [-0.05, 0) is 49.9 Å². The maximum atomic E-state index is 11.5. The van der Waals surface area contributed by atoms with E-state index in [-0.39, 0.29) is 12.8 Å². The molecule has 0 spiro atoms. The Morgan fingerprint density at radius 1 is 0.667 bits per heavy atom. The van der Waals surface area contributed by atoms with Crippen LogP contribution in [-0.2, 0) is 4.74 Å². The lowest BCUT2D eigenvalue weighted by atomic mass is 9.90. The Bertz CT molecular complexity index is 1250. The van der Waals surface area contributed by atoms with Crippen LogP contribution in [0.3, 0.4) is 0 Å². The summed E-state index contributed by atoms with van der Waals surface area (Å²) in [6.45, 7) is 4.71. The molecule has 0 bridgehead atoms. The van der Waals surface area contributed by atoms with Crippen LogP contribution >= 0.6 is 11.3 Å². The number of anilines is 1. The smallest absolute Gasteiger partial charge is 0.183 e. The summed E-state index contributed by atoms with van der Waals surface area (Å²) in [6.07, 6.45) is 20.3. The number of benzene rings is 1. The van der Waals surface area contributed by atoms with Crippen molar-refractivity contribution in [3.05, 3.63) is 29.6 Å². The Balaban J connectivity index is 1.48. The van der Waals surface area contributed by atoms with Gasteiger partial charge < -0.3 is 45.4 Å². The first-order valence-corrected chi connectivity index (χ1v) is 23.8. The molecule has 0 aliphatic carbocycles. The molecular weight excluding hydrogens is 741 g/mol. The fraction of sp³-hybridized carbons (Fsp3) is 0.804. The molecule has 328 valence electrons. The number of nitrogens with zero attached hydrogens (tertiary/aromatic N) is 1. The Labute approximate surface area is 348 Å². The van der Waals surface area contributed by atoms with E-state index in [2.05, 4.69) is 19.2 Å². The molecule has 2 aromatic rings. The van der Waals surface area contributed by atoms with Gasteiger partial charge in [0, 0.05) is 10.9 Å². The molecule has 1 aliphatic rings. The number of nitrogens with one attached hydrogen (secondary N) is 1. The average molecular weight is 821 g/mol. The van der Waals surface area contributed by atoms with Crippen molar-refractivity contribution >= 4 is 16.5 Å². The highest BCUT2D eigenvalue weighted by Crippen LogP contribution is 2.30. The molecule has 7 N–H and O–H groups in total. The Morgan fingerprint density at radius 3 is 1.72 bits per heavy atom. The zero-order valence-electron chi connectivity index (χ0n) is 35.5. The third-order valence-electron chi connectivity index (χ3n) is 11.6. The van der Waals surface area contributed by atoms with E-state index < -0.39 is 55.4 Å². The number of rotatable bonds is 34. The highest BCUT2D eigenvalue weighted by molar-refractivity contribution is 7.14. The topological polar surface area (TPSA) is 165 Å². The van der Waals surface area contributed by atoms with Gasteiger partial charge in [-0.3, -0.25) is 0 Å². The highest BCUT2D eigenvalue weighted by atomic mass is 32.1. The number of hydrogen-bond acceptors (Lipinski definition) is 11. The van der Waals surface area contributed by atoms with E-state index in [1.54, 1.807) is 0 Å². The van der Waals surface area contributed by atoms with E-state index in [9.17, 15) is 30.6 Å². The van der Waals surface area contributed by atoms with Gasteiger partial charge in [-0.25, -0.2) is 4.98 Å². The van der Waals surface area contributed by atoms with E-state index in [1.165, 1.54) is 127 Å². The van der Waals surface area contributed by atoms with Crippen molar-refractivity contribution < 1.29 is 40.1 Å². The predicted molar refractivity (Wildman–Crippen MR) is 233 cm³/mol. The lowest BCUT2D eigenvalue weighted by Crippen LogP contribution is -2.58. The molecule has 1 aromatic carbocycles. The molecule has 2 heterocycles. The molecule has 3 unspecified atom stereocenters. The van der Waals surface area contributed by atoms with Gasteiger partial charge in [0.2, 0.25) is 0 Å². The summed E-state index contributed by atoms with van der Waals surface area (Å²) in [7, 11) is 0. The first-order chi connectivity index (χ1) is 27.8. The number of aliphatic hydroxyl groups is 6. The molecule has 8 atom stereocenters. The van der Waals surface area contributed by atoms with Crippen LogP contribution in [0.25, 0.3) is 11.3 Å². The van der Waals surface area contributed by atoms with E-state index in [0.717, 1.165) is 42.7 Å². The minimum atomic E-state index is -1.47. The van der Waals surface area contributed by atoms with Crippen LogP contribution in [-0.4, -0.2) is 97.6 Å². The van der Waals surface area contributed by atoms with E-state index >= 15 is 0 Å². The monoisotopic (exact) mass is 821 g/mol. The predicted octanol–water partition coefficient (Wildman–Crippen LogP) is 9.33. The van der Waals surface area contributed by atoms with Gasteiger partial charge in [0.25, 0.3) is 0 Å². The average Bonchev–Trinajstić information content (AvgIpc) is 3.70. The molecule has 1 aliphatic heterocycles. The van der Waals surface area contributed by atoms with Gasteiger partial charge in [0.05, 0.1) is 43.3 Å². The van der Waals surface area contributed by atoms with Crippen molar-refractivity contribution in [1.29, 1.82) is 0 Å². The number of ether oxygens (including phenoxy) is 2. The van der Waals surface area contributed by atoms with Gasteiger partial charge in [0.1, 0.15) is 30.2 Å². The van der Waals surface area contributed by atoms with Crippen molar-refractivity contribution in [2.75, 3.05) is 18.5 Å². The molecule has 1 fully saturated rings. The minimum Gasteiger partial charge on any atom is -0.494 e. The lowest BCUT2D eigenvalue weighted by molar-refractivity contribution is -0.230. The Kier molecular flexibility index (Phi) is 26.3. The summed E-state index contributed by atoms with van der Waals surface area (Å²) >= 11 is 1.41. The van der Waals surface area contributed by atoms with Crippen LogP contribution in [0, 0.1) is 0 Å². The number of hydrogen-bond donors (Lipinski definition) is 7. The standard InChI is InChI=1S/C46H80N2O8S/c1-3-5-7-9-11-13-15-16-17-19-21-23-25-39(50)42(51)37(30-31-40-43(52)45(54)44(53)41(33-49)56-40)47-46-48-38(34-57-46)35-26-28-36(29-27-35)55-32-24-22-20-18-14-12-10-8-6-4-2/h26-29,34,37,39-45,49-54H,3-25,30-33H2,1-2H3,(H,47,48)/t37?,39?,40-,41-,42?,43+,44+,45-/m1/s1. The zero-order chi connectivity index (χ0) is 41.1. The molecule has 1 saturated heterocycles. The van der Waals surface area contributed by atoms with Crippen LogP contribution in [0.4, 0.5) is 5.13 Å². The summed E-state index contributed by atoms with van der Waals surface area (Å²) in [5.74, 6) is 0.835. The number of aliphatic hydroxyl groups excluding tert-OH is 6. The molecule has 1 aromatic heterocycles. The van der Waals surface area contributed by atoms with Crippen molar-refractivity contribution in [2.45, 2.75) is 223 Å². The Hall–Kier alpha value is -1.83. The van der Waals surface area contributed by atoms with Crippen LogP contribution in [0.1, 0.15) is 174 Å². The summed E-state index contributed by atoms with van der Waals surface area (Å²) < 4.78 is 11.8. The van der Waals surface area contributed by atoms with Gasteiger partial charge >= 0.3 is 0 Å². The van der Waals surface area contributed by atoms with Gasteiger partial charge in [-0.2, -0.15) is 0 Å². The molecular formula is C46H80N2O8S. The van der Waals surface area contributed by atoms with Crippen molar-refractivity contribution in [2.24, 2.45) is 0 Å². The maximum Gasteiger partial charge on any atom is 0.183 e. The van der Waals surface area contributed by atoms with Crippen molar-refractivity contribution in [3.63, 3.8) is 0 Å². The molecule has 0 saturated carbocycles. The third-order valence-corrected chi connectivity index (χ3v) is 12.4. The summed E-state index contributed by atoms with van der Waals surface area (Å²) in [4.78, 5) is 4.80. The van der Waals surface area contributed by atoms with Crippen LogP contribution in [0.5, 0.6) is 5.75 Å². The SMILES string of the molecule is CCCCCCCCCCCCCCC(O)C(O)C(CC[C@H]1O[C@H](CO)[C@H](O)[C@H](O)[C@H]1O)Nc1nc(-c2ccc(OCCCCCCCCCCCC)cc2)cs1. The fourth-order valence-electron chi connectivity index (χ4n) is 7.86. The second kappa shape index (κ2) is 30.2. The molecule has 0 radical (unpaired) electrons. The molecule has 0 amide bonds. The van der Waals surface area contributed by atoms with Gasteiger partial charge in [-0.15, -0.1) is 11.3 Å². The molecule has 57 heavy (non-hydrogen) atoms. The summed E-state index contributed by atoms with van der Waals surface area (Å²) in [6, 6.07) is 7.30. The van der Waals surface area contributed by atoms with Crippen molar-refractivity contribution in [1.82, 2.24) is 4.98 Å². The third kappa shape index (κ3) is 19.4. The Morgan fingerprint density at radius 2 is 1.18 bits per heavy atom. The number of aromatic nitrogens is 1. The van der Waals surface area contributed by atoms with Crippen LogP contribution in [0.2, 0.25) is 0 Å². The quantitative estimate of drug-likeness (QED) is 0.0339. The van der Waals surface area contributed by atoms with Gasteiger partial charge in [-0.1, -0.05) is 149 Å². The lowest BCUT2D eigenvalue weighted by Gasteiger charge is -2.40. The maximum absolute atomic E-state index is 11.5. The van der Waals surface area contributed by atoms with E-state index in [0.29, 0.717) is 18.2 Å². The molecule has 3 rings (SSSR count). The van der Waals surface area contributed by atoms with Gasteiger partial charge in [0.15, 0.2) is 5.13 Å². The zero-order valence-corrected chi connectivity index (χ0v) is 36.3. The van der Waals surface area contributed by atoms with Crippen LogP contribution < -0.4 is 10.1 Å². The number of unbranched alkanes of at least 4 members (excludes halogenated alkanes) is 20. The molecule has 10 nitrogen and oxygen atoms in total. The van der Waals surface area contributed by atoms with E-state index in [4.69, 9.17) is 14.5 Å². The first-order valence-electron chi connectivity index (χ1n) is 22.9. The number of thiazole rings is 1. The summed E-state index contributed by atoms with van der Waals surface area (Å²) in [5, 5.41) is 69.4. The molecule has 11 heteroatoms. The van der Waals surface area contributed by atoms with Crippen LogP contribution in [0.15, 0.2) is 29.6 Å². The minimum absolute atomic E-state index is 0.209. The normalized spacial score (nSPS) is 21.4. The second-order valence-electron chi connectivity index (χ2n) is 16.5. The highest BCUT2D eigenvalue weighted by Gasteiger charge is 2.43. The fourth-order valence-corrected chi connectivity index (χ4v) is 8.64. The second-order valence-corrected chi connectivity index (χ2v) is 17.4.